The average Bonchev–Trinajstić information content (AvgIpc) is 2.97. The fourth-order valence-corrected chi connectivity index (χ4v) is 4.25. The summed E-state index contributed by atoms with van der Waals surface area (Å²) in [6.45, 7) is 0.456. The number of benzene rings is 1. The summed E-state index contributed by atoms with van der Waals surface area (Å²) in [4.78, 5) is -0.0501. The molecule has 0 radical (unpaired) electrons. The van der Waals surface area contributed by atoms with E-state index in [0.29, 0.717) is 12.1 Å². The van der Waals surface area contributed by atoms with E-state index < -0.39 is 15.8 Å². The third-order valence-electron chi connectivity index (χ3n) is 4.09. The summed E-state index contributed by atoms with van der Waals surface area (Å²) in [5.74, 6) is 0.168. The van der Waals surface area contributed by atoms with E-state index in [-0.39, 0.29) is 11.4 Å². The Bertz CT molecular complexity index is 569. The van der Waals surface area contributed by atoms with Crippen molar-refractivity contribution in [1.82, 2.24) is 4.72 Å². The van der Waals surface area contributed by atoms with Crippen LogP contribution in [0.5, 0.6) is 0 Å². The highest BCUT2D eigenvalue weighted by atomic mass is 32.2. The van der Waals surface area contributed by atoms with Crippen molar-refractivity contribution in [2.24, 2.45) is 11.7 Å². The SMILES string of the molecule is NCc1ccc(F)cc1S(=O)(=O)NCCCC1CCCC1. The smallest absolute Gasteiger partial charge is 0.240 e. The van der Waals surface area contributed by atoms with Crippen LogP contribution in [0.25, 0.3) is 0 Å². The summed E-state index contributed by atoms with van der Waals surface area (Å²) in [6, 6.07) is 3.67. The van der Waals surface area contributed by atoms with Crippen molar-refractivity contribution in [2.75, 3.05) is 6.54 Å². The molecule has 1 aliphatic carbocycles. The Labute approximate surface area is 126 Å². The molecule has 3 N–H and O–H groups in total. The van der Waals surface area contributed by atoms with Gasteiger partial charge in [-0.2, -0.15) is 0 Å². The number of nitrogens with one attached hydrogen (secondary N) is 1. The second kappa shape index (κ2) is 7.33. The van der Waals surface area contributed by atoms with Gasteiger partial charge in [-0.1, -0.05) is 31.7 Å². The predicted molar refractivity (Wildman–Crippen MR) is 80.7 cm³/mol. The molecule has 0 amide bonds. The first kappa shape index (κ1) is 16.4. The highest BCUT2D eigenvalue weighted by Gasteiger charge is 2.19. The largest absolute Gasteiger partial charge is 0.326 e. The van der Waals surface area contributed by atoms with E-state index in [9.17, 15) is 12.8 Å². The summed E-state index contributed by atoms with van der Waals surface area (Å²) in [7, 11) is -3.69. The summed E-state index contributed by atoms with van der Waals surface area (Å²) >= 11 is 0. The average molecular weight is 314 g/mol. The molecule has 1 fully saturated rings. The van der Waals surface area contributed by atoms with Gasteiger partial charge in [0.1, 0.15) is 5.82 Å². The van der Waals surface area contributed by atoms with Crippen molar-refractivity contribution >= 4 is 10.0 Å². The first-order valence-electron chi connectivity index (χ1n) is 7.51. The first-order chi connectivity index (χ1) is 10.0. The van der Waals surface area contributed by atoms with Crippen LogP contribution in [0.2, 0.25) is 0 Å². The quantitative estimate of drug-likeness (QED) is 0.760. The first-order valence-corrected chi connectivity index (χ1v) is 8.99. The fourth-order valence-electron chi connectivity index (χ4n) is 2.92. The van der Waals surface area contributed by atoms with Gasteiger partial charge in [-0.15, -0.1) is 0 Å². The second-order valence-corrected chi connectivity index (χ2v) is 7.38. The van der Waals surface area contributed by atoms with Crippen molar-refractivity contribution in [2.45, 2.75) is 50.0 Å². The maximum Gasteiger partial charge on any atom is 0.240 e. The molecule has 0 spiro atoms. The molecule has 0 unspecified atom stereocenters. The topological polar surface area (TPSA) is 72.2 Å². The predicted octanol–water partition coefficient (Wildman–Crippen LogP) is 2.53. The number of hydrogen-bond donors (Lipinski definition) is 2. The van der Waals surface area contributed by atoms with Gasteiger partial charge >= 0.3 is 0 Å². The van der Waals surface area contributed by atoms with Crippen LogP contribution in [-0.2, 0) is 16.6 Å². The molecular weight excluding hydrogens is 291 g/mol. The van der Waals surface area contributed by atoms with Gasteiger partial charge in [-0.05, 0) is 36.5 Å². The molecule has 2 rings (SSSR count). The Balaban J connectivity index is 1.93. The minimum atomic E-state index is -3.69. The molecule has 0 aromatic heterocycles. The van der Waals surface area contributed by atoms with Gasteiger partial charge in [0.25, 0.3) is 0 Å². The van der Waals surface area contributed by atoms with Gasteiger partial charge in [-0.3, -0.25) is 0 Å². The van der Waals surface area contributed by atoms with Gasteiger partial charge in [0.2, 0.25) is 10.0 Å². The van der Waals surface area contributed by atoms with E-state index in [0.717, 1.165) is 24.8 Å². The molecule has 0 bridgehead atoms. The fraction of sp³-hybridized carbons (Fsp3) is 0.600. The lowest BCUT2D eigenvalue weighted by atomic mass is 10.0. The normalized spacial score (nSPS) is 16.5. The number of rotatable bonds is 7. The lowest BCUT2D eigenvalue weighted by molar-refractivity contribution is 0.480. The number of halogens is 1. The molecule has 0 heterocycles. The highest BCUT2D eigenvalue weighted by molar-refractivity contribution is 7.89. The Kier molecular flexibility index (Phi) is 5.72. The zero-order valence-corrected chi connectivity index (χ0v) is 13.0. The molecule has 1 aliphatic rings. The van der Waals surface area contributed by atoms with Gasteiger partial charge < -0.3 is 5.73 Å². The van der Waals surface area contributed by atoms with Crippen LogP contribution in [0.15, 0.2) is 23.1 Å². The lowest BCUT2D eigenvalue weighted by Crippen LogP contribution is -2.26. The van der Waals surface area contributed by atoms with Gasteiger partial charge in [0.05, 0.1) is 4.90 Å². The minimum Gasteiger partial charge on any atom is -0.326 e. The van der Waals surface area contributed by atoms with E-state index in [2.05, 4.69) is 4.72 Å². The summed E-state index contributed by atoms with van der Waals surface area (Å²) in [5, 5.41) is 0. The summed E-state index contributed by atoms with van der Waals surface area (Å²) < 4.78 is 40.3. The van der Waals surface area contributed by atoms with E-state index in [1.807, 2.05) is 0 Å². The molecule has 1 saturated carbocycles. The highest BCUT2D eigenvalue weighted by Crippen LogP contribution is 2.28. The van der Waals surface area contributed by atoms with Crippen molar-refractivity contribution in [3.63, 3.8) is 0 Å². The molecule has 118 valence electrons. The Hall–Kier alpha value is -0.980. The van der Waals surface area contributed by atoms with Crippen LogP contribution >= 0.6 is 0 Å². The van der Waals surface area contributed by atoms with Crippen LogP contribution in [0.4, 0.5) is 4.39 Å². The molecule has 0 saturated heterocycles. The van der Waals surface area contributed by atoms with Crippen LogP contribution in [0.1, 0.15) is 44.1 Å². The maximum atomic E-state index is 13.3. The van der Waals surface area contributed by atoms with E-state index in [4.69, 9.17) is 5.73 Å². The summed E-state index contributed by atoms with van der Waals surface area (Å²) in [6.07, 6.45) is 6.97. The van der Waals surface area contributed by atoms with Crippen LogP contribution in [-0.4, -0.2) is 15.0 Å². The second-order valence-electron chi connectivity index (χ2n) is 5.65. The molecule has 21 heavy (non-hydrogen) atoms. The van der Waals surface area contributed by atoms with Crippen LogP contribution in [0.3, 0.4) is 0 Å². The molecule has 1 aromatic rings. The van der Waals surface area contributed by atoms with E-state index in [1.54, 1.807) is 0 Å². The van der Waals surface area contributed by atoms with Gasteiger partial charge in [0.15, 0.2) is 0 Å². The summed E-state index contributed by atoms with van der Waals surface area (Å²) in [5.41, 5.74) is 5.95. The van der Waals surface area contributed by atoms with E-state index in [1.165, 1.54) is 37.8 Å². The number of sulfonamides is 1. The van der Waals surface area contributed by atoms with Crippen molar-refractivity contribution in [1.29, 1.82) is 0 Å². The number of hydrogen-bond acceptors (Lipinski definition) is 3. The molecule has 6 heteroatoms. The third kappa shape index (κ3) is 4.49. The zero-order valence-electron chi connectivity index (χ0n) is 12.1. The standard InChI is InChI=1S/C15H23FN2O2S/c16-14-8-7-13(11-17)15(10-14)21(19,20)18-9-3-6-12-4-1-2-5-12/h7-8,10,12,18H,1-6,9,11,17H2. The van der Waals surface area contributed by atoms with E-state index >= 15 is 0 Å². The van der Waals surface area contributed by atoms with Crippen molar-refractivity contribution in [3.05, 3.63) is 29.6 Å². The Morgan fingerprint density at radius 1 is 1.29 bits per heavy atom. The molecule has 0 aliphatic heterocycles. The molecule has 0 atom stereocenters. The minimum absolute atomic E-state index is 0.0501. The van der Waals surface area contributed by atoms with Crippen LogP contribution < -0.4 is 10.5 Å². The number of nitrogens with two attached hydrogens (primary N) is 1. The van der Waals surface area contributed by atoms with Gasteiger partial charge in [0, 0.05) is 13.1 Å². The third-order valence-corrected chi connectivity index (χ3v) is 5.64. The molecular formula is C15H23FN2O2S. The lowest BCUT2D eigenvalue weighted by Gasteiger charge is -2.12. The van der Waals surface area contributed by atoms with Gasteiger partial charge in [-0.25, -0.2) is 17.5 Å². The van der Waals surface area contributed by atoms with Crippen molar-refractivity contribution in [3.8, 4) is 0 Å². The Morgan fingerprint density at radius 2 is 2.00 bits per heavy atom. The Morgan fingerprint density at radius 3 is 2.67 bits per heavy atom. The zero-order chi connectivity index (χ0) is 15.3. The molecule has 4 nitrogen and oxygen atoms in total. The monoisotopic (exact) mass is 314 g/mol. The van der Waals surface area contributed by atoms with Crippen molar-refractivity contribution < 1.29 is 12.8 Å². The molecule has 1 aromatic carbocycles. The maximum absolute atomic E-state index is 13.3. The van der Waals surface area contributed by atoms with Crippen LogP contribution in [0, 0.1) is 11.7 Å².